The van der Waals surface area contributed by atoms with Crippen molar-refractivity contribution in [1.29, 1.82) is 0 Å². The summed E-state index contributed by atoms with van der Waals surface area (Å²) in [4.78, 5) is 14.9. The van der Waals surface area contributed by atoms with Crippen LogP contribution in [0.15, 0.2) is 47.6 Å². The molecule has 0 saturated carbocycles. The maximum Gasteiger partial charge on any atom is 0.194 e. The third-order valence-electron chi connectivity index (χ3n) is 3.79. The summed E-state index contributed by atoms with van der Waals surface area (Å²) in [6.07, 6.45) is -2.43. The Kier molecular flexibility index (Phi) is 3.65. The number of fused-ring (bicyclic) bond motifs is 3. The third kappa shape index (κ3) is 2.25. The lowest BCUT2D eigenvalue weighted by Crippen LogP contribution is -2.21. The van der Waals surface area contributed by atoms with Gasteiger partial charge in [-0.3, -0.25) is 4.79 Å². The lowest BCUT2D eigenvalue weighted by Gasteiger charge is -2.17. The van der Waals surface area contributed by atoms with Gasteiger partial charge in [-0.15, -0.1) is 0 Å². The molecule has 0 fully saturated rings. The van der Waals surface area contributed by atoms with Gasteiger partial charge in [-0.1, -0.05) is 41.5 Å². The molecule has 0 spiro atoms. The van der Waals surface area contributed by atoms with Crippen LogP contribution in [0.5, 0.6) is 0 Å². The van der Waals surface area contributed by atoms with Crippen LogP contribution in [0, 0.1) is 0 Å². The van der Waals surface area contributed by atoms with Gasteiger partial charge in [-0.25, -0.2) is 0 Å². The molecule has 2 N–H and O–H groups in total. The average Bonchev–Trinajstić information content (AvgIpc) is 2.85. The highest BCUT2D eigenvalue weighted by molar-refractivity contribution is 6.21. The van der Waals surface area contributed by atoms with Crippen molar-refractivity contribution in [3.63, 3.8) is 0 Å². The van der Waals surface area contributed by atoms with Gasteiger partial charge in [0.05, 0.1) is 12.6 Å². The fraction of sp³-hybridized carbons (Fsp3) is 0.188. The van der Waals surface area contributed by atoms with Crippen LogP contribution in [0.4, 0.5) is 0 Å². The monoisotopic (exact) mass is 295 g/mol. The maximum absolute atomic E-state index is 12.4. The molecule has 0 heterocycles. The summed E-state index contributed by atoms with van der Waals surface area (Å²) in [5.41, 5.74) is 11.5. The summed E-state index contributed by atoms with van der Waals surface area (Å²) in [7, 11) is 0. The lowest BCUT2D eigenvalue weighted by molar-refractivity contribution is 0.0244. The molecular formula is C16H13N3O3. The van der Waals surface area contributed by atoms with Crippen LogP contribution in [-0.2, 0) is 0 Å². The number of azide groups is 1. The van der Waals surface area contributed by atoms with Crippen LogP contribution in [-0.4, -0.2) is 28.6 Å². The number of benzene rings is 2. The van der Waals surface area contributed by atoms with Gasteiger partial charge in [0.15, 0.2) is 5.78 Å². The smallest absolute Gasteiger partial charge is 0.194 e. The SMILES string of the molecule is [N-]=[N+]=NCC(O)C(O)c1ccc2c(c1)C(=O)c1ccccc1-2. The maximum atomic E-state index is 12.4. The Bertz CT molecular complexity index is 797. The van der Waals surface area contributed by atoms with Gasteiger partial charge >= 0.3 is 0 Å². The summed E-state index contributed by atoms with van der Waals surface area (Å²) in [6.45, 7) is -0.233. The number of rotatable bonds is 4. The highest BCUT2D eigenvalue weighted by atomic mass is 16.3. The first-order valence-electron chi connectivity index (χ1n) is 6.78. The van der Waals surface area contributed by atoms with Gasteiger partial charge in [0.25, 0.3) is 0 Å². The van der Waals surface area contributed by atoms with E-state index in [-0.39, 0.29) is 12.3 Å². The Morgan fingerprint density at radius 3 is 2.45 bits per heavy atom. The quantitative estimate of drug-likeness (QED) is 0.439. The topological polar surface area (TPSA) is 106 Å². The van der Waals surface area contributed by atoms with E-state index in [0.29, 0.717) is 16.7 Å². The molecule has 6 heteroatoms. The second kappa shape index (κ2) is 5.61. The molecule has 1 aliphatic rings. The molecule has 3 rings (SSSR count). The molecule has 0 bridgehead atoms. The molecule has 22 heavy (non-hydrogen) atoms. The van der Waals surface area contributed by atoms with Crippen molar-refractivity contribution < 1.29 is 15.0 Å². The van der Waals surface area contributed by atoms with E-state index in [2.05, 4.69) is 10.0 Å². The first-order valence-corrected chi connectivity index (χ1v) is 6.78. The minimum atomic E-state index is -1.22. The molecule has 0 radical (unpaired) electrons. The zero-order valence-electron chi connectivity index (χ0n) is 11.5. The van der Waals surface area contributed by atoms with E-state index in [4.69, 9.17) is 5.53 Å². The number of hydrogen-bond donors (Lipinski definition) is 2. The highest BCUT2D eigenvalue weighted by Gasteiger charge is 2.28. The zero-order valence-corrected chi connectivity index (χ0v) is 11.5. The fourth-order valence-electron chi connectivity index (χ4n) is 2.67. The van der Waals surface area contributed by atoms with Gasteiger partial charge in [0.1, 0.15) is 6.10 Å². The molecule has 2 aromatic carbocycles. The zero-order chi connectivity index (χ0) is 15.7. The van der Waals surface area contributed by atoms with Crippen molar-refractivity contribution >= 4 is 5.78 Å². The summed E-state index contributed by atoms with van der Waals surface area (Å²) in [5.74, 6) is -0.0933. The normalized spacial score (nSPS) is 14.7. The Labute approximate surface area is 126 Å². The molecule has 2 unspecified atom stereocenters. The van der Waals surface area contributed by atoms with Crippen LogP contribution < -0.4 is 0 Å². The van der Waals surface area contributed by atoms with Crippen LogP contribution >= 0.6 is 0 Å². The van der Waals surface area contributed by atoms with Crippen molar-refractivity contribution in [2.45, 2.75) is 12.2 Å². The first-order chi connectivity index (χ1) is 10.6. The van der Waals surface area contributed by atoms with E-state index in [9.17, 15) is 15.0 Å². The van der Waals surface area contributed by atoms with Crippen LogP contribution in [0.2, 0.25) is 0 Å². The van der Waals surface area contributed by atoms with E-state index >= 15 is 0 Å². The average molecular weight is 295 g/mol. The van der Waals surface area contributed by atoms with E-state index in [1.54, 1.807) is 24.3 Å². The van der Waals surface area contributed by atoms with Crippen LogP contribution in [0.3, 0.4) is 0 Å². The molecule has 0 amide bonds. The predicted octanol–water partition coefficient (Wildman–Crippen LogP) is 2.60. The highest BCUT2D eigenvalue weighted by Crippen LogP contribution is 2.37. The third-order valence-corrected chi connectivity index (χ3v) is 3.79. The van der Waals surface area contributed by atoms with Gasteiger partial charge < -0.3 is 10.2 Å². The Morgan fingerprint density at radius 1 is 1.05 bits per heavy atom. The second-order valence-corrected chi connectivity index (χ2v) is 5.11. The Balaban J connectivity index is 1.96. The summed E-state index contributed by atoms with van der Waals surface area (Å²) >= 11 is 0. The molecule has 2 aromatic rings. The van der Waals surface area contributed by atoms with Crippen molar-refractivity contribution in [2.24, 2.45) is 5.11 Å². The molecule has 2 atom stereocenters. The van der Waals surface area contributed by atoms with E-state index in [1.807, 2.05) is 18.2 Å². The number of aliphatic hydroxyl groups excluding tert-OH is 2. The molecular weight excluding hydrogens is 282 g/mol. The molecule has 0 aliphatic heterocycles. The largest absolute Gasteiger partial charge is 0.390 e. The summed E-state index contributed by atoms with van der Waals surface area (Å²) in [6, 6.07) is 12.3. The summed E-state index contributed by atoms with van der Waals surface area (Å²) in [5, 5.41) is 23.1. The lowest BCUT2D eigenvalue weighted by atomic mass is 9.98. The molecule has 0 saturated heterocycles. The number of ketones is 1. The van der Waals surface area contributed by atoms with Crippen molar-refractivity contribution in [3.05, 3.63) is 69.6 Å². The van der Waals surface area contributed by atoms with Crippen molar-refractivity contribution in [3.8, 4) is 11.1 Å². The van der Waals surface area contributed by atoms with Crippen LogP contribution in [0.25, 0.3) is 21.6 Å². The van der Waals surface area contributed by atoms with Gasteiger partial charge in [-0.2, -0.15) is 0 Å². The Hall–Kier alpha value is -2.66. The van der Waals surface area contributed by atoms with Gasteiger partial charge in [-0.05, 0) is 28.3 Å². The van der Waals surface area contributed by atoms with E-state index in [0.717, 1.165) is 11.1 Å². The number of aliphatic hydroxyl groups is 2. The fourth-order valence-corrected chi connectivity index (χ4v) is 2.67. The molecule has 6 nitrogen and oxygen atoms in total. The second-order valence-electron chi connectivity index (χ2n) is 5.11. The molecule has 1 aliphatic carbocycles. The molecule has 0 aromatic heterocycles. The van der Waals surface area contributed by atoms with E-state index in [1.165, 1.54) is 0 Å². The number of hydrogen-bond acceptors (Lipinski definition) is 4. The first kappa shape index (κ1) is 14.3. The number of carbonyl (C=O) groups excluding carboxylic acids is 1. The number of nitrogens with zero attached hydrogens (tertiary/aromatic N) is 3. The standard InChI is InChI=1S/C16H13N3O3/c17-19-18-8-14(20)15(21)9-5-6-11-10-3-1-2-4-12(10)16(22)13(11)7-9/h1-7,14-15,20-21H,8H2. The van der Waals surface area contributed by atoms with Gasteiger partial charge in [0.2, 0.25) is 0 Å². The van der Waals surface area contributed by atoms with E-state index < -0.39 is 12.2 Å². The predicted molar refractivity (Wildman–Crippen MR) is 80.3 cm³/mol. The van der Waals surface area contributed by atoms with Crippen molar-refractivity contribution in [2.75, 3.05) is 6.54 Å². The van der Waals surface area contributed by atoms with Gasteiger partial charge in [0, 0.05) is 16.0 Å². The minimum Gasteiger partial charge on any atom is -0.390 e. The summed E-state index contributed by atoms with van der Waals surface area (Å²) < 4.78 is 0. The minimum absolute atomic E-state index is 0.0933. The van der Waals surface area contributed by atoms with Crippen molar-refractivity contribution in [1.82, 2.24) is 0 Å². The Morgan fingerprint density at radius 2 is 1.73 bits per heavy atom. The molecule has 110 valence electrons. The van der Waals surface area contributed by atoms with Crippen LogP contribution in [0.1, 0.15) is 27.6 Å². The number of carbonyl (C=O) groups is 1.